The van der Waals surface area contributed by atoms with E-state index in [0.717, 1.165) is 6.42 Å². The highest BCUT2D eigenvalue weighted by molar-refractivity contribution is 5.85. The Morgan fingerprint density at radius 1 is 0.600 bits per heavy atom. The molecular weight excluding hydrogens is 360 g/mol. The Bertz CT molecular complexity index is 1090. The Kier molecular flexibility index (Phi) is 5.01. The maximum atomic E-state index is 2.39. The van der Waals surface area contributed by atoms with Gasteiger partial charge in [0, 0.05) is 0 Å². The van der Waals surface area contributed by atoms with E-state index in [1.165, 1.54) is 50.1 Å². The van der Waals surface area contributed by atoms with Gasteiger partial charge in [0.2, 0.25) is 0 Å². The van der Waals surface area contributed by atoms with Gasteiger partial charge in [-0.25, -0.2) is 0 Å². The molecule has 3 aromatic rings. The van der Waals surface area contributed by atoms with Crippen LogP contribution in [0.3, 0.4) is 0 Å². The summed E-state index contributed by atoms with van der Waals surface area (Å²) >= 11 is 0. The number of fused-ring (bicyclic) bond motifs is 1. The van der Waals surface area contributed by atoms with Crippen molar-refractivity contribution in [3.8, 4) is 22.3 Å². The zero-order valence-corrected chi connectivity index (χ0v) is 19.6. The molecule has 1 aliphatic rings. The van der Waals surface area contributed by atoms with Gasteiger partial charge in [0.05, 0.1) is 0 Å². The maximum Gasteiger partial charge on any atom is -0.00602 e. The second kappa shape index (κ2) is 7.27. The molecule has 0 fully saturated rings. The van der Waals surface area contributed by atoms with Crippen LogP contribution in [0.2, 0.25) is 0 Å². The van der Waals surface area contributed by atoms with E-state index in [1.54, 1.807) is 0 Å². The molecule has 0 nitrogen and oxygen atoms in total. The third-order valence-electron chi connectivity index (χ3n) is 6.27. The van der Waals surface area contributed by atoms with Crippen LogP contribution in [0.4, 0.5) is 0 Å². The first-order valence-electron chi connectivity index (χ1n) is 11.1. The van der Waals surface area contributed by atoms with Gasteiger partial charge in [-0.1, -0.05) is 108 Å². The summed E-state index contributed by atoms with van der Waals surface area (Å²) in [6.07, 6.45) is 3.42. The van der Waals surface area contributed by atoms with Crippen LogP contribution in [0.25, 0.3) is 28.3 Å². The SMILES string of the molecule is CC1=Cc2c(cc(-c3ccc(C(C)(C)C)cc3)cc2-c2ccc(C(C)(C)C)cc2)C1. The molecular formula is C30H34. The summed E-state index contributed by atoms with van der Waals surface area (Å²) < 4.78 is 0. The van der Waals surface area contributed by atoms with Crippen LogP contribution in [0.1, 0.15) is 70.7 Å². The number of allylic oxidation sites excluding steroid dienone is 1. The van der Waals surface area contributed by atoms with Gasteiger partial charge in [0.1, 0.15) is 0 Å². The summed E-state index contributed by atoms with van der Waals surface area (Å²) in [5, 5.41) is 0. The highest BCUT2D eigenvalue weighted by Crippen LogP contribution is 2.39. The minimum Gasteiger partial charge on any atom is -0.0683 e. The predicted octanol–water partition coefficient (Wildman–Crippen LogP) is 8.58. The zero-order chi connectivity index (χ0) is 21.7. The van der Waals surface area contributed by atoms with Gasteiger partial charge >= 0.3 is 0 Å². The van der Waals surface area contributed by atoms with Crippen molar-refractivity contribution in [2.24, 2.45) is 0 Å². The van der Waals surface area contributed by atoms with Crippen LogP contribution in [0.5, 0.6) is 0 Å². The molecule has 0 saturated heterocycles. The van der Waals surface area contributed by atoms with E-state index in [9.17, 15) is 0 Å². The second-order valence-corrected chi connectivity index (χ2v) is 10.9. The topological polar surface area (TPSA) is 0 Å². The summed E-state index contributed by atoms with van der Waals surface area (Å²) in [5.74, 6) is 0. The smallest absolute Gasteiger partial charge is 0.00602 e. The average molecular weight is 395 g/mol. The largest absolute Gasteiger partial charge is 0.0683 e. The van der Waals surface area contributed by atoms with E-state index in [-0.39, 0.29) is 10.8 Å². The van der Waals surface area contributed by atoms with Gasteiger partial charge in [-0.3, -0.25) is 0 Å². The van der Waals surface area contributed by atoms with Gasteiger partial charge in [0.15, 0.2) is 0 Å². The molecule has 0 saturated carbocycles. The van der Waals surface area contributed by atoms with Crippen molar-refractivity contribution in [1.29, 1.82) is 0 Å². The molecule has 0 N–H and O–H groups in total. The number of hydrogen-bond acceptors (Lipinski definition) is 0. The second-order valence-electron chi connectivity index (χ2n) is 10.9. The molecule has 0 unspecified atom stereocenters. The third kappa shape index (κ3) is 4.01. The van der Waals surface area contributed by atoms with Crippen LogP contribution in [0.15, 0.2) is 66.2 Å². The van der Waals surface area contributed by atoms with Crippen LogP contribution in [0, 0.1) is 0 Å². The van der Waals surface area contributed by atoms with Gasteiger partial charge < -0.3 is 0 Å². The van der Waals surface area contributed by atoms with Crippen molar-refractivity contribution in [2.45, 2.75) is 65.7 Å². The van der Waals surface area contributed by atoms with Crippen molar-refractivity contribution in [2.75, 3.05) is 0 Å². The van der Waals surface area contributed by atoms with Crippen LogP contribution in [-0.2, 0) is 17.3 Å². The van der Waals surface area contributed by atoms with Crippen molar-refractivity contribution in [1.82, 2.24) is 0 Å². The summed E-state index contributed by atoms with van der Waals surface area (Å²) in [4.78, 5) is 0. The summed E-state index contributed by atoms with van der Waals surface area (Å²) in [7, 11) is 0. The molecule has 0 radical (unpaired) electrons. The van der Waals surface area contributed by atoms with E-state index >= 15 is 0 Å². The molecule has 0 heteroatoms. The van der Waals surface area contributed by atoms with Gasteiger partial charge in [-0.05, 0) is 74.7 Å². The van der Waals surface area contributed by atoms with E-state index < -0.39 is 0 Å². The number of benzene rings is 3. The van der Waals surface area contributed by atoms with Crippen LogP contribution in [-0.4, -0.2) is 0 Å². The molecule has 0 amide bonds. The quantitative estimate of drug-likeness (QED) is 0.408. The van der Waals surface area contributed by atoms with Gasteiger partial charge in [0.25, 0.3) is 0 Å². The first-order chi connectivity index (χ1) is 14.0. The van der Waals surface area contributed by atoms with Crippen LogP contribution < -0.4 is 0 Å². The Morgan fingerprint density at radius 2 is 1.10 bits per heavy atom. The molecule has 0 aliphatic heterocycles. The third-order valence-corrected chi connectivity index (χ3v) is 6.27. The molecule has 30 heavy (non-hydrogen) atoms. The minimum absolute atomic E-state index is 0.174. The van der Waals surface area contributed by atoms with Crippen molar-refractivity contribution >= 4 is 6.08 Å². The molecule has 0 aromatic heterocycles. The lowest BCUT2D eigenvalue weighted by Gasteiger charge is -2.20. The summed E-state index contributed by atoms with van der Waals surface area (Å²) in [6.45, 7) is 15.9. The molecule has 1 aliphatic carbocycles. The Morgan fingerprint density at radius 3 is 1.60 bits per heavy atom. The highest BCUT2D eigenvalue weighted by atomic mass is 14.2. The minimum atomic E-state index is 0.174. The standard InChI is InChI=1S/C30H34/c1-20-16-24-18-23(21-8-12-25(13-9-21)29(2,3)4)19-28(27(24)17-20)22-10-14-26(15-11-22)30(5,6)7/h8-15,17-19H,16H2,1-7H3. The van der Waals surface area contributed by atoms with E-state index in [4.69, 9.17) is 0 Å². The lowest BCUT2D eigenvalue weighted by Crippen LogP contribution is -2.10. The molecule has 0 heterocycles. The first-order valence-corrected chi connectivity index (χ1v) is 11.1. The molecule has 0 atom stereocenters. The molecule has 4 rings (SSSR count). The lowest BCUT2D eigenvalue weighted by atomic mass is 9.84. The normalized spacial score (nSPS) is 13.9. The van der Waals surface area contributed by atoms with Gasteiger partial charge in [-0.15, -0.1) is 0 Å². The van der Waals surface area contributed by atoms with E-state index in [2.05, 4.69) is 115 Å². The van der Waals surface area contributed by atoms with Crippen LogP contribution >= 0.6 is 0 Å². The predicted molar refractivity (Wildman–Crippen MR) is 132 cm³/mol. The monoisotopic (exact) mass is 394 g/mol. The number of hydrogen-bond donors (Lipinski definition) is 0. The molecule has 0 spiro atoms. The summed E-state index contributed by atoms with van der Waals surface area (Å²) in [6, 6.07) is 23.1. The van der Waals surface area contributed by atoms with E-state index in [1.807, 2.05) is 0 Å². The Labute approximate surface area is 182 Å². The van der Waals surface area contributed by atoms with Crippen molar-refractivity contribution < 1.29 is 0 Å². The molecule has 154 valence electrons. The maximum absolute atomic E-state index is 2.39. The molecule has 3 aromatic carbocycles. The van der Waals surface area contributed by atoms with Crippen molar-refractivity contribution in [3.05, 3.63) is 88.5 Å². The Balaban J connectivity index is 1.80. The average Bonchev–Trinajstić information content (AvgIpc) is 3.06. The van der Waals surface area contributed by atoms with E-state index in [0.29, 0.717) is 0 Å². The lowest BCUT2D eigenvalue weighted by molar-refractivity contribution is 0.590. The zero-order valence-electron chi connectivity index (χ0n) is 19.6. The molecule has 0 bridgehead atoms. The number of rotatable bonds is 2. The van der Waals surface area contributed by atoms with Crippen molar-refractivity contribution in [3.63, 3.8) is 0 Å². The Hall–Kier alpha value is -2.60. The fourth-order valence-corrected chi connectivity index (χ4v) is 4.35. The summed E-state index contributed by atoms with van der Waals surface area (Å²) in [5.41, 5.74) is 12.6. The fraction of sp³-hybridized carbons (Fsp3) is 0.333. The highest BCUT2D eigenvalue weighted by Gasteiger charge is 2.19. The van der Waals surface area contributed by atoms with Gasteiger partial charge in [-0.2, -0.15) is 0 Å². The fourth-order valence-electron chi connectivity index (χ4n) is 4.35. The first kappa shape index (κ1) is 20.7.